The predicted molar refractivity (Wildman–Crippen MR) is 132 cm³/mol. The summed E-state index contributed by atoms with van der Waals surface area (Å²) in [4.78, 5) is 13.4. The standard InChI is InChI=1S/C27H29BrF6N2O/c1-15(2)25(6-5-22(13-25)36-23-10-17-3-4-21(28)9-18(17)11-23)24(37)35-14-16-7-19(26(29,30)31)12-20(8-16)27(32,33)34/h3-4,7-9,12,15,22-23,36H,5-6,10-11,13-14H2,1-2H3,(H,35,37)/t22-,23?,25+/m1/s1. The fourth-order valence-electron chi connectivity index (χ4n) is 5.73. The maximum absolute atomic E-state index is 13.4. The summed E-state index contributed by atoms with van der Waals surface area (Å²) in [6.45, 7) is 3.44. The molecule has 10 heteroatoms. The Morgan fingerprint density at radius 1 is 0.973 bits per heavy atom. The van der Waals surface area contributed by atoms with E-state index in [9.17, 15) is 31.1 Å². The van der Waals surface area contributed by atoms with Crippen LogP contribution in [0.15, 0.2) is 40.9 Å². The minimum Gasteiger partial charge on any atom is -0.352 e. The number of halogens is 7. The van der Waals surface area contributed by atoms with Crippen molar-refractivity contribution in [3.05, 3.63) is 68.7 Å². The lowest BCUT2D eigenvalue weighted by Crippen LogP contribution is -2.45. The number of fused-ring (bicyclic) bond motifs is 1. The highest BCUT2D eigenvalue weighted by Gasteiger charge is 2.48. The van der Waals surface area contributed by atoms with E-state index in [4.69, 9.17) is 0 Å². The minimum atomic E-state index is -4.93. The van der Waals surface area contributed by atoms with Gasteiger partial charge < -0.3 is 10.6 Å². The number of benzene rings is 2. The third-order valence-corrected chi connectivity index (χ3v) is 8.27. The maximum atomic E-state index is 13.4. The van der Waals surface area contributed by atoms with E-state index < -0.39 is 35.4 Å². The minimum absolute atomic E-state index is 0.0525. The van der Waals surface area contributed by atoms with Gasteiger partial charge in [0.25, 0.3) is 0 Å². The number of alkyl halides is 6. The van der Waals surface area contributed by atoms with Crippen LogP contribution in [-0.4, -0.2) is 18.0 Å². The Labute approximate surface area is 220 Å². The number of carbonyl (C=O) groups excluding carboxylic acids is 1. The van der Waals surface area contributed by atoms with Gasteiger partial charge in [-0.1, -0.05) is 35.8 Å². The molecule has 1 amide bonds. The Hall–Kier alpha value is -2.07. The van der Waals surface area contributed by atoms with Crippen molar-refractivity contribution in [1.82, 2.24) is 10.6 Å². The SMILES string of the molecule is CC(C)[C@]1(C(=O)NCc2cc(C(F)(F)F)cc(C(F)(F)F)c2)CC[C@@H](NC2Cc3ccc(Br)cc3C2)C1. The number of amides is 1. The van der Waals surface area contributed by atoms with Gasteiger partial charge in [-0.3, -0.25) is 4.79 Å². The highest BCUT2D eigenvalue weighted by atomic mass is 79.9. The Balaban J connectivity index is 1.43. The van der Waals surface area contributed by atoms with E-state index in [-0.39, 0.29) is 35.5 Å². The molecule has 0 heterocycles. The van der Waals surface area contributed by atoms with Crippen molar-refractivity contribution >= 4 is 21.8 Å². The van der Waals surface area contributed by atoms with E-state index in [1.165, 1.54) is 11.1 Å². The molecule has 0 bridgehead atoms. The van der Waals surface area contributed by atoms with E-state index in [1.807, 2.05) is 19.9 Å². The zero-order valence-corrected chi connectivity index (χ0v) is 22.1. The second-order valence-corrected chi connectivity index (χ2v) is 11.4. The lowest BCUT2D eigenvalue weighted by atomic mass is 9.74. The summed E-state index contributed by atoms with van der Waals surface area (Å²) < 4.78 is 80.2. The highest BCUT2D eigenvalue weighted by molar-refractivity contribution is 9.10. The summed E-state index contributed by atoms with van der Waals surface area (Å²) in [7, 11) is 0. The van der Waals surface area contributed by atoms with Crippen LogP contribution < -0.4 is 10.6 Å². The molecular formula is C27H29BrF6N2O. The molecule has 0 aliphatic heterocycles. The number of nitrogens with one attached hydrogen (secondary N) is 2. The molecule has 3 nitrogen and oxygen atoms in total. The second-order valence-electron chi connectivity index (χ2n) is 10.5. The van der Waals surface area contributed by atoms with Crippen molar-refractivity contribution in [2.24, 2.45) is 11.3 Å². The lowest BCUT2D eigenvalue weighted by molar-refractivity contribution is -0.143. The molecule has 0 radical (unpaired) electrons. The summed E-state index contributed by atoms with van der Waals surface area (Å²) in [5.74, 6) is -0.389. The Bertz CT molecular complexity index is 1130. The first-order chi connectivity index (χ1) is 17.2. The van der Waals surface area contributed by atoms with Gasteiger partial charge >= 0.3 is 12.4 Å². The third kappa shape index (κ3) is 6.16. The zero-order chi connectivity index (χ0) is 27.2. The molecule has 0 aromatic heterocycles. The summed E-state index contributed by atoms with van der Waals surface area (Å²) in [5, 5.41) is 6.33. The fraction of sp³-hybridized carbons (Fsp3) is 0.519. The monoisotopic (exact) mass is 590 g/mol. The predicted octanol–water partition coefficient (Wildman–Crippen LogP) is 7.05. The number of carbonyl (C=O) groups is 1. The van der Waals surface area contributed by atoms with Crippen molar-refractivity contribution in [2.75, 3.05) is 0 Å². The van der Waals surface area contributed by atoms with Crippen LogP contribution in [0.3, 0.4) is 0 Å². The topological polar surface area (TPSA) is 41.1 Å². The molecule has 1 saturated carbocycles. The molecule has 0 spiro atoms. The van der Waals surface area contributed by atoms with Crippen LogP contribution in [0.4, 0.5) is 26.3 Å². The fourth-order valence-corrected chi connectivity index (χ4v) is 6.14. The molecule has 3 atom stereocenters. The summed E-state index contributed by atoms with van der Waals surface area (Å²) in [6.07, 6.45) is -6.15. The molecular weight excluding hydrogens is 562 g/mol. The van der Waals surface area contributed by atoms with Gasteiger partial charge in [0.15, 0.2) is 0 Å². The lowest BCUT2D eigenvalue weighted by Gasteiger charge is -2.33. The van der Waals surface area contributed by atoms with Crippen LogP contribution in [0.5, 0.6) is 0 Å². The van der Waals surface area contributed by atoms with Crippen LogP contribution in [0.25, 0.3) is 0 Å². The molecule has 4 rings (SSSR count). The van der Waals surface area contributed by atoms with Gasteiger partial charge in [0.1, 0.15) is 0 Å². The van der Waals surface area contributed by atoms with Crippen LogP contribution in [0, 0.1) is 11.3 Å². The Morgan fingerprint density at radius 2 is 1.59 bits per heavy atom. The first-order valence-corrected chi connectivity index (χ1v) is 13.1. The van der Waals surface area contributed by atoms with E-state index in [0.29, 0.717) is 25.0 Å². The molecule has 37 heavy (non-hydrogen) atoms. The van der Waals surface area contributed by atoms with Gasteiger partial charge in [-0.2, -0.15) is 26.3 Å². The Morgan fingerprint density at radius 3 is 2.19 bits per heavy atom. The van der Waals surface area contributed by atoms with Gasteiger partial charge in [-0.15, -0.1) is 0 Å². The van der Waals surface area contributed by atoms with E-state index in [1.54, 1.807) is 0 Å². The molecule has 2 aliphatic carbocycles. The molecule has 1 fully saturated rings. The summed E-state index contributed by atoms with van der Waals surface area (Å²) >= 11 is 3.50. The van der Waals surface area contributed by atoms with Crippen molar-refractivity contribution in [2.45, 2.75) is 76.9 Å². The third-order valence-electron chi connectivity index (χ3n) is 7.78. The highest BCUT2D eigenvalue weighted by Crippen LogP contribution is 2.45. The molecule has 2 N–H and O–H groups in total. The van der Waals surface area contributed by atoms with Gasteiger partial charge in [-0.05, 0) is 85.0 Å². The smallest absolute Gasteiger partial charge is 0.352 e. The zero-order valence-electron chi connectivity index (χ0n) is 20.5. The summed E-state index contributed by atoms with van der Waals surface area (Å²) in [5.41, 5.74) is -1.18. The van der Waals surface area contributed by atoms with Gasteiger partial charge in [0.2, 0.25) is 5.91 Å². The van der Waals surface area contributed by atoms with E-state index in [2.05, 4.69) is 38.7 Å². The average Bonchev–Trinajstić information content (AvgIpc) is 3.40. The average molecular weight is 591 g/mol. The van der Waals surface area contributed by atoms with Crippen molar-refractivity contribution in [1.29, 1.82) is 0 Å². The number of rotatable bonds is 6. The van der Waals surface area contributed by atoms with Crippen LogP contribution >= 0.6 is 15.9 Å². The molecule has 2 aromatic rings. The quantitative estimate of drug-likeness (QED) is 0.354. The van der Waals surface area contributed by atoms with Crippen LogP contribution in [-0.2, 0) is 36.5 Å². The van der Waals surface area contributed by atoms with E-state index in [0.717, 1.165) is 23.7 Å². The van der Waals surface area contributed by atoms with Crippen molar-refractivity contribution in [3.63, 3.8) is 0 Å². The van der Waals surface area contributed by atoms with E-state index >= 15 is 0 Å². The largest absolute Gasteiger partial charge is 0.416 e. The maximum Gasteiger partial charge on any atom is 0.416 e. The Kier molecular flexibility index (Phi) is 7.74. The molecule has 2 aromatic carbocycles. The second kappa shape index (κ2) is 10.2. The molecule has 202 valence electrons. The van der Waals surface area contributed by atoms with Gasteiger partial charge in [-0.25, -0.2) is 0 Å². The number of hydrogen-bond donors (Lipinski definition) is 2. The van der Waals surface area contributed by atoms with Gasteiger partial charge in [0, 0.05) is 23.1 Å². The number of hydrogen-bond acceptors (Lipinski definition) is 2. The van der Waals surface area contributed by atoms with Crippen molar-refractivity contribution in [3.8, 4) is 0 Å². The van der Waals surface area contributed by atoms with Crippen LogP contribution in [0.1, 0.15) is 60.9 Å². The molecule has 0 saturated heterocycles. The first kappa shape index (κ1) is 28.0. The van der Waals surface area contributed by atoms with Crippen molar-refractivity contribution < 1.29 is 31.1 Å². The normalized spacial score (nSPS) is 23.9. The van der Waals surface area contributed by atoms with Gasteiger partial charge in [0.05, 0.1) is 16.5 Å². The summed E-state index contributed by atoms with van der Waals surface area (Å²) in [6, 6.07) is 8.02. The van der Waals surface area contributed by atoms with Crippen LogP contribution in [0.2, 0.25) is 0 Å². The molecule has 1 unspecified atom stereocenters. The first-order valence-electron chi connectivity index (χ1n) is 12.3. The molecule has 2 aliphatic rings.